The van der Waals surface area contributed by atoms with E-state index >= 15 is 0 Å². The van der Waals surface area contributed by atoms with E-state index in [9.17, 15) is 13.2 Å². The summed E-state index contributed by atoms with van der Waals surface area (Å²) in [5.41, 5.74) is 7.08. The van der Waals surface area contributed by atoms with Crippen molar-refractivity contribution in [2.45, 2.75) is 19.4 Å². The maximum absolute atomic E-state index is 11.7. The summed E-state index contributed by atoms with van der Waals surface area (Å²) in [6.07, 6.45) is 4.40. The zero-order chi connectivity index (χ0) is 13.8. The number of anilines is 1. The molecule has 0 spiro atoms. The van der Waals surface area contributed by atoms with Crippen LogP contribution in [0.25, 0.3) is 0 Å². The van der Waals surface area contributed by atoms with Crippen LogP contribution in [0.4, 0.5) is 5.69 Å². The fourth-order valence-electron chi connectivity index (χ4n) is 1.31. The van der Waals surface area contributed by atoms with Crippen LogP contribution in [-0.2, 0) is 14.6 Å². The van der Waals surface area contributed by atoms with Crippen LogP contribution < -0.4 is 11.1 Å². The van der Waals surface area contributed by atoms with E-state index in [1.54, 1.807) is 18.5 Å². The van der Waals surface area contributed by atoms with Crippen molar-refractivity contribution in [3.8, 4) is 0 Å². The Bertz CT molecular complexity index is 528. The summed E-state index contributed by atoms with van der Waals surface area (Å²) < 4.78 is 22.0. The molecule has 0 saturated carbocycles. The molecule has 7 heteroatoms. The highest BCUT2D eigenvalue weighted by atomic mass is 32.2. The Morgan fingerprint density at radius 1 is 1.56 bits per heavy atom. The normalized spacial score (nSPS) is 13.1. The average molecular weight is 271 g/mol. The van der Waals surface area contributed by atoms with Crippen molar-refractivity contribution < 1.29 is 13.2 Å². The number of nitrogens with two attached hydrogens (primary N) is 1. The molecule has 1 aromatic rings. The molecule has 6 nitrogen and oxygen atoms in total. The van der Waals surface area contributed by atoms with Gasteiger partial charge in [0.2, 0.25) is 5.91 Å². The third kappa shape index (κ3) is 4.80. The van der Waals surface area contributed by atoms with Crippen LogP contribution in [0.2, 0.25) is 0 Å². The summed E-state index contributed by atoms with van der Waals surface area (Å²) in [5, 5.41) is 2.65. The van der Waals surface area contributed by atoms with Crippen molar-refractivity contribution in [1.29, 1.82) is 0 Å². The lowest BCUT2D eigenvalue weighted by Gasteiger charge is -2.12. The molecular weight excluding hydrogens is 254 g/mol. The third-order valence-electron chi connectivity index (χ3n) is 2.41. The quantitative estimate of drug-likeness (QED) is 0.790. The van der Waals surface area contributed by atoms with Gasteiger partial charge >= 0.3 is 0 Å². The lowest BCUT2D eigenvalue weighted by Crippen LogP contribution is -2.37. The highest BCUT2D eigenvalue weighted by Gasteiger charge is 2.16. The number of hydrogen-bond donors (Lipinski definition) is 2. The number of aryl methyl sites for hydroxylation is 1. The van der Waals surface area contributed by atoms with Crippen LogP contribution >= 0.6 is 0 Å². The molecule has 0 unspecified atom stereocenters. The van der Waals surface area contributed by atoms with E-state index in [0.29, 0.717) is 5.69 Å². The molecule has 18 heavy (non-hydrogen) atoms. The van der Waals surface area contributed by atoms with E-state index in [0.717, 1.165) is 11.8 Å². The van der Waals surface area contributed by atoms with Crippen LogP contribution in [-0.4, -0.2) is 37.4 Å². The molecule has 1 atom stereocenters. The van der Waals surface area contributed by atoms with Crippen molar-refractivity contribution in [3.05, 3.63) is 24.0 Å². The smallest absolute Gasteiger partial charge is 0.241 e. The summed E-state index contributed by atoms with van der Waals surface area (Å²) in [5.74, 6) is -0.496. The molecule has 0 fully saturated rings. The van der Waals surface area contributed by atoms with Crippen molar-refractivity contribution in [1.82, 2.24) is 4.98 Å². The van der Waals surface area contributed by atoms with Gasteiger partial charge in [-0.1, -0.05) is 0 Å². The second-order valence-corrected chi connectivity index (χ2v) is 6.46. The SMILES string of the molecule is Cc1cnccc1NC(=O)[C@@H](N)CCS(C)(=O)=O. The van der Waals surface area contributed by atoms with E-state index in [1.165, 1.54) is 0 Å². The summed E-state index contributed by atoms with van der Waals surface area (Å²) in [4.78, 5) is 15.6. The summed E-state index contributed by atoms with van der Waals surface area (Å²) in [6, 6.07) is 0.823. The minimum Gasteiger partial charge on any atom is -0.324 e. The first-order chi connectivity index (χ1) is 8.29. The number of nitrogens with one attached hydrogen (secondary N) is 1. The predicted molar refractivity (Wildman–Crippen MR) is 69.9 cm³/mol. The first-order valence-electron chi connectivity index (χ1n) is 5.44. The zero-order valence-corrected chi connectivity index (χ0v) is 11.2. The third-order valence-corrected chi connectivity index (χ3v) is 3.39. The maximum atomic E-state index is 11.7. The maximum Gasteiger partial charge on any atom is 0.241 e. The van der Waals surface area contributed by atoms with E-state index in [2.05, 4.69) is 10.3 Å². The van der Waals surface area contributed by atoms with Crippen LogP contribution in [0.3, 0.4) is 0 Å². The lowest BCUT2D eigenvalue weighted by molar-refractivity contribution is -0.117. The highest BCUT2D eigenvalue weighted by molar-refractivity contribution is 7.90. The Kier molecular flexibility index (Phi) is 4.80. The molecule has 0 aliphatic heterocycles. The number of amides is 1. The van der Waals surface area contributed by atoms with Gasteiger partial charge in [0.05, 0.1) is 11.8 Å². The van der Waals surface area contributed by atoms with Crippen LogP contribution in [0.5, 0.6) is 0 Å². The standard InChI is InChI=1S/C11H17N3O3S/c1-8-7-13-5-3-10(8)14-11(15)9(12)4-6-18(2,16)17/h3,5,7,9H,4,6,12H2,1-2H3,(H,13,14,15)/t9-/m0/s1. The molecule has 0 aromatic carbocycles. The van der Waals surface area contributed by atoms with Crippen LogP contribution in [0.15, 0.2) is 18.5 Å². The van der Waals surface area contributed by atoms with Crippen molar-refractivity contribution >= 4 is 21.4 Å². The number of aromatic nitrogens is 1. The number of carbonyl (C=O) groups excluding carboxylic acids is 1. The fourth-order valence-corrected chi connectivity index (χ4v) is 1.99. The summed E-state index contributed by atoms with van der Waals surface area (Å²) >= 11 is 0. The van der Waals surface area contributed by atoms with Crippen molar-refractivity contribution in [2.75, 3.05) is 17.3 Å². The van der Waals surface area contributed by atoms with Gasteiger partial charge in [0.1, 0.15) is 9.84 Å². The molecule has 3 N–H and O–H groups in total. The molecule has 0 radical (unpaired) electrons. The largest absolute Gasteiger partial charge is 0.324 e. The number of pyridine rings is 1. The Morgan fingerprint density at radius 3 is 2.78 bits per heavy atom. The van der Waals surface area contributed by atoms with Crippen molar-refractivity contribution in [3.63, 3.8) is 0 Å². The van der Waals surface area contributed by atoms with Gasteiger partial charge < -0.3 is 11.1 Å². The number of rotatable bonds is 5. The summed E-state index contributed by atoms with van der Waals surface area (Å²) in [6.45, 7) is 1.81. The van der Waals surface area contributed by atoms with Gasteiger partial charge in [0, 0.05) is 24.3 Å². The van der Waals surface area contributed by atoms with Crippen LogP contribution in [0.1, 0.15) is 12.0 Å². The van der Waals surface area contributed by atoms with Crippen LogP contribution in [0, 0.1) is 6.92 Å². The van der Waals surface area contributed by atoms with E-state index in [-0.39, 0.29) is 12.2 Å². The van der Waals surface area contributed by atoms with Gasteiger partial charge in [0.15, 0.2) is 0 Å². The Labute approximate surface area is 107 Å². The topological polar surface area (TPSA) is 102 Å². The molecule has 1 amide bonds. The van der Waals surface area contributed by atoms with Gasteiger partial charge in [-0.05, 0) is 25.0 Å². The first kappa shape index (κ1) is 14.6. The monoisotopic (exact) mass is 271 g/mol. The van der Waals surface area contributed by atoms with Gasteiger partial charge in [0.25, 0.3) is 0 Å². The molecule has 1 aromatic heterocycles. The Balaban J connectivity index is 2.58. The van der Waals surface area contributed by atoms with Crippen molar-refractivity contribution in [2.24, 2.45) is 5.73 Å². The minimum absolute atomic E-state index is 0.100. The summed E-state index contributed by atoms with van der Waals surface area (Å²) in [7, 11) is -3.10. The second-order valence-electron chi connectivity index (χ2n) is 4.20. The zero-order valence-electron chi connectivity index (χ0n) is 10.4. The molecule has 0 bridgehead atoms. The predicted octanol–water partition coefficient (Wildman–Crippen LogP) is 0.0905. The number of sulfone groups is 1. The molecule has 0 saturated heterocycles. The van der Waals surface area contributed by atoms with Gasteiger partial charge in [-0.25, -0.2) is 8.42 Å². The lowest BCUT2D eigenvalue weighted by atomic mass is 10.2. The van der Waals surface area contributed by atoms with E-state index in [4.69, 9.17) is 5.73 Å². The highest BCUT2D eigenvalue weighted by Crippen LogP contribution is 2.12. The van der Waals surface area contributed by atoms with Gasteiger partial charge in [-0.3, -0.25) is 9.78 Å². The van der Waals surface area contributed by atoms with Gasteiger partial charge in [-0.15, -0.1) is 0 Å². The fraction of sp³-hybridized carbons (Fsp3) is 0.455. The van der Waals surface area contributed by atoms with E-state index in [1.807, 2.05) is 6.92 Å². The van der Waals surface area contributed by atoms with E-state index < -0.39 is 21.8 Å². The Morgan fingerprint density at radius 2 is 2.22 bits per heavy atom. The molecular formula is C11H17N3O3S. The average Bonchev–Trinajstić information content (AvgIpc) is 2.28. The molecule has 1 heterocycles. The Hall–Kier alpha value is -1.47. The number of hydrogen-bond acceptors (Lipinski definition) is 5. The number of nitrogens with zero attached hydrogens (tertiary/aromatic N) is 1. The molecule has 0 aliphatic rings. The molecule has 0 aliphatic carbocycles. The second kappa shape index (κ2) is 5.92. The van der Waals surface area contributed by atoms with Gasteiger partial charge in [-0.2, -0.15) is 0 Å². The first-order valence-corrected chi connectivity index (χ1v) is 7.50. The molecule has 100 valence electrons. The molecule has 1 rings (SSSR count). The minimum atomic E-state index is -3.10. The number of carbonyl (C=O) groups is 1.